The average Bonchev–Trinajstić information content (AvgIpc) is 3.75. The van der Waals surface area contributed by atoms with Gasteiger partial charge in [0.05, 0.1) is 38.1 Å². The first kappa shape index (κ1) is 37.6. The zero-order valence-electron chi connectivity index (χ0n) is 31.7. The lowest BCUT2D eigenvalue weighted by Gasteiger charge is -2.29. The van der Waals surface area contributed by atoms with E-state index in [-0.39, 0.29) is 44.3 Å². The highest BCUT2D eigenvalue weighted by atomic mass is 32.1. The summed E-state index contributed by atoms with van der Waals surface area (Å²) < 4.78 is 2.92. The second-order valence-electron chi connectivity index (χ2n) is 15.5. The van der Waals surface area contributed by atoms with E-state index in [4.69, 9.17) is 0 Å². The molecular formula is C44H43N2O8S+. The van der Waals surface area contributed by atoms with Gasteiger partial charge in [-0.05, 0) is 74.4 Å². The molecule has 0 saturated heterocycles. The summed E-state index contributed by atoms with van der Waals surface area (Å²) in [5.41, 5.74) is 3.37. The van der Waals surface area contributed by atoms with Gasteiger partial charge >= 0.3 is 11.9 Å². The Kier molecular flexibility index (Phi) is 9.28. The van der Waals surface area contributed by atoms with Gasteiger partial charge in [0.1, 0.15) is 12.3 Å². The van der Waals surface area contributed by atoms with E-state index in [0.717, 1.165) is 70.9 Å². The number of aromatic carboxylic acids is 2. The summed E-state index contributed by atoms with van der Waals surface area (Å²) in [5, 5.41) is 30.7. The molecule has 0 radical (unpaired) electrons. The lowest BCUT2D eigenvalue weighted by Crippen LogP contribution is -2.51. The predicted molar refractivity (Wildman–Crippen MR) is 213 cm³/mol. The van der Waals surface area contributed by atoms with Crippen molar-refractivity contribution in [3.05, 3.63) is 134 Å². The summed E-state index contributed by atoms with van der Waals surface area (Å²) in [5.74, 6) is -2.58. The number of fused-ring (bicyclic) bond motifs is 2. The molecule has 3 heterocycles. The third-order valence-corrected chi connectivity index (χ3v) is 12.4. The van der Waals surface area contributed by atoms with Crippen molar-refractivity contribution in [3.63, 3.8) is 0 Å². The number of carboxylic acid groups (broad SMARTS) is 2. The molecule has 7 rings (SSSR count). The van der Waals surface area contributed by atoms with E-state index >= 15 is 0 Å². The number of Topliss-reactive ketones (excluding diaryl/α,β-unsaturated/α-hetero) is 1. The minimum Gasteiger partial charge on any atom is -0.506 e. The second kappa shape index (κ2) is 13.6. The highest BCUT2D eigenvalue weighted by Gasteiger charge is 2.46. The standard InChI is InChI=1S/C44H42N2O8S/c1-7-9-17-45-29-13-11-23(41(51)52)19-27(29)43(3,4)33(45)21-25-37(47)35(38(25)48)31-15-16-32(55-31)36-39(49)26(40(36)50)22-34-44(5,6)28-20-24(42(53)54)12-14-30(28)46(34)18-10-8-2/h11-16,19-22H,7-10,17-18H2,1-6H3,(H2-,47,48,51,52,53,54)/p+1. The van der Waals surface area contributed by atoms with Crippen LogP contribution in [0, 0.1) is 9.75 Å². The van der Waals surface area contributed by atoms with Gasteiger partial charge in [-0.15, -0.1) is 11.3 Å². The molecule has 0 amide bonds. The Morgan fingerprint density at radius 1 is 0.800 bits per heavy atom. The van der Waals surface area contributed by atoms with Crippen LogP contribution >= 0.6 is 11.3 Å². The Labute approximate surface area is 321 Å². The number of rotatable bonds is 10. The van der Waals surface area contributed by atoms with Gasteiger partial charge in [0.25, 0.3) is 0 Å². The highest BCUT2D eigenvalue weighted by molar-refractivity contribution is 7.08. The second-order valence-corrected chi connectivity index (χ2v) is 16.6. The van der Waals surface area contributed by atoms with Crippen LogP contribution in [-0.2, 0) is 15.6 Å². The Hall–Kier alpha value is -5.68. The van der Waals surface area contributed by atoms with Crippen LogP contribution in [0.5, 0.6) is 0 Å². The molecule has 0 saturated carbocycles. The summed E-state index contributed by atoms with van der Waals surface area (Å²) in [6.07, 6.45) is 6.91. The first-order chi connectivity index (χ1) is 26.0. The van der Waals surface area contributed by atoms with E-state index in [1.165, 1.54) is 0 Å². The van der Waals surface area contributed by atoms with Crippen LogP contribution in [0.15, 0.2) is 81.2 Å². The molecule has 282 valence electrons. The van der Waals surface area contributed by atoms with Crippen LogP contribution in [0.25, 0.3) is 11.6 Å². The summed E-state index contributed by atoms with van der Waals surface area (Å²) in [6, 6.07) is 13.3. The Bertz CT molecular complexity index is 2740. The normalized spacial score (nSPS) is 18.6. The zero-order chi connectivity index (χ0) is 39.7. The van der Waals surface area contributed by atoms with Gasteiger partial charge in [0, 0.05) is 56.5 Å². The summed E-state index contributed by atoms with van der Waals surface area (Å²) in [6.45, 7) is 13.3. The third kappa shape index (κ3) is 5.83. The van der Waals surface area contributed by atoms with Crippen molar-refractivity contribution in [2.75, 3.05) is 18.0 Å². The van der Waals surface area contributed by atoms with Gasteiger partial charge in [0.15, 0.2) is 5.71 Å². The fraction of sp³-hybridized carbons (Fsp3) is 0.318. The molecule has 3 aliphatic rings. The van der Waals surface area contributed by atoms with Gasteiger partial charge in [0.2, 0.25) is 22.3 Å². The van der Waals surface area contributed by atoms with Crippen molar-refractivity contribution in [1.29, 1.82) is 0 Å². The number of benzene rings is 2. The van der Waals surface area contributed by atoms with Gasteiger partial charge < -0.3 is 20.2 Å². The number of nitrogens with zero attached hydrogens (tertiary/aromatic N) is 2. The number of aliphatic hydroxyl groups is 1. The largest absolute Gasteiger partial charge is 0.506 e. The number of ketones is 1. The molecule has 0 atom stereocenters. The number of aliphatic hydroxyl groups excluding tert-OH is 1. The molecule has 10 nitrogen and oxygen atoms in total. The SMILES string of the molecule is CCCCN1C(=CC2=C(O)C(=c3ccc(=c4c(=O)c(=CC5=[N+](CCCC)c6ccc(C(=O)O)cc6C5(C)C)c4=O)s3)C2=O)C(C)(C)c2cc(C(=O)O)ccc21. The molecular weight excluding hydrogens is 717 g/mol. The number of carbonyl (C=O) groups excluding carboxylic acids is 1. The van der Waals surface area contributed by atoms with Crippen LogP contribution in [0.4, 0.5) is 11.4 Å². The fourth-order valence-electron chi connectivity index (χ4n) is 8.08. The van der Waals surface area contributed by atoms with Gasteiger partial charge in [-0.25, -0.2) is 9.59 Å². The monoisotopic (exact) mass is 759 g/mol. The molecule has 0 spiro atoms. The van der Waals surface area contributed by atoms with E-state index < -0.39 is 33.6 Å². The average molecular weight is 760 g/mol. The number of carboxylic acids is 2. The van der Waals surface area contributed by atoms with Crippen LogP contribution in [0.3, 0.4) is 0 Å². The minimum absolute atomic E-state index is 0.0284. The smallest absolute Gasteiger partial charge is 0.335 e. The number of unbranched alkanes of at least 4 members (excludes halogenated alkanes) is 2. The van der Waals surface area contributed by atoms with Crippen molar-refractivity contribution in [1.82, 2.24) is 0 Å². The molecule has 0 bridgehead atoms. The number of carbonyl (C=O) groups is 3. The van der Waals surface area contributed by atoms with E-state index in [0.29, 0.717) is 22.2 Å². The van der Waals surface area contributed by atoms with Crippen molar-refractivity contribution >= 4 is 57.8 Å². The maximum atomic E-state index is 13.7. The van der Waals surface area contributed by atoms with Gasteiger partial charge in [-0.2, -0.15) is 4.58 Å². The van der Waals surface area contributed by atoms with E-state index in [1.54, 1.807) is 60.7 Å². The molecule has 0 fully saturated rings. The zero-order valence-corrected chi connectivity index (χ0v) is 32.5. The highest BCUT2D eigenvalue weighted by Crippen LogP contribution is 2.49. The van der Waals surface area contributed by atoms with Crippen LogP contribution in [-0.4, -0.2) is 56.4 Å². The van der Waals surface area contributed by atoms with Crippen molar-refractivity contribution in [2.45, 2.75) is 78.1 Å². The number of thiophene rings is 1. The van der Waals surface area contributed by atoms with Gasteiger partial charge in [-0.3, -0.25) is 14.4 Å². The minimum atomic E-state index is -1.03. The lowest BCUT2D eigenvalue weighted by atomic mass is 9.80. The molecule has 3 aromatic carbocycles. The third-order valence-electron chi connectivity index (χ3n) is 11.3. The summed E-state index contributed by atoms with van der Waals surface area (Å²) in [4.78, 5) is 66.7. The molecule has 55 heavy (non-hydrogen) atoms. The van der Waals surface area contributed by atoms with E-state index in [9.17, 15) is 39.3 Å². The Morgan fingerprint density at radius 3 is 2.04 bits per heavy atom. The van der Waals surface area contributed by atoms with Gasteiger partial charge in [-0.1, -0.05) is 40.5 Å². The Balaban J connectivity index is 1.30. The fourth-order valence-corrected chi connectivity index (χ4v) is 9.17. The topological polar surface area (TPSA) is 152 Å². The number of hydrogen-bond acceptors (Lipinski definition) is 8. The first-order valence-corrected chi connectivity index (χ1v) is 19.4. The van der Waals surface area contributed by atoms with Crippen molar-refractivity contribution in [2.24, 2.45) is 0 Å². The maximum Gasteiger partial charge on any atom is 0.335 e. The van der Waals surface area contributed by atoms with Crippen molar-refractivity contribution < 1.29 is 34.3 Å². The summed E-state index contributed by atoms with van der Waals surface area (Å²) in [7, 11) is 0. The molecule has 4 aromatic rings. The molecule has 2 aliphatic heterocycles. The quantitative estimate of drug-likeness (QED) is 0.173. The molecule has 1 aromatic heterocycles. The summed E-state index contributed by atoms with van der Waals surface area (Å²) >= 11 is 1.10. The van der Waals surface area contributed by atoms with Crippen LogP contribution < -0.4 is 25.5 Å². The predicted octanol–water partition coefficient (Wildman–Crippen LogP) is 5.71. The van der Waals surface area contributed by atoms with E-state index in [1.807, 2.05) is 27.7 Å². The number of anilines is 1. The number of allylic oxidation sites excluding steroid dienone is 4. The maximum absolute atomic E-state index is 13.7. The first-order valence-electron chi connectivity index (χ1n) is 18.6. The van der Waals surface area contributed by atoms with Crippen LogP contribution in [0.1, 0.15) is 99.1 Å². The van der Waals surface area contributed by atoms with Crippen LogP contribution in [0.2, 0.25) is 0 Å². The number of hydrogen-bond donors (Lipinski definition) is 3. The Morgan fingerprint density at radius 2 is 1.42 bits per heavy atom. The molecule has 3 N–H and O–H groups in total. The molecule has 0 unspecified atom stereocenters. The van der Waals surface area contributed by atoms with Crippen molar-refractivity contribution in [3.8, 4) is 0 Å². The molecule has 1 aliphatic carbocycles. The van der Waals surface area contributed by atoms with E-state index in [2.05, 4.69) is 23.3 Å². The lowest BCUT2D eigenvalue weighted by molar-refractivity contribution is -0.437. The molecule has 11 heteroatoms.